The van der Waals surface area contributed by atoms with Crippen LogP contribution in [0.4, 0.5) is 0 Å². The predicted molar refractivity (Wildman–Crippen MR) is 92.0 cm³/mol. The Bertz CT molecular complexity index is 877. The zero-order valence-electron chi connectivity index (χ0n) is 14.4. The number of nitrogens with zero attached hydrogens (tertiary/aromatic N) is 4. The molecule has 1 aliphatic rings. The standard InChI is InChI=1S/C18H21N5O2/c1-12-9-13(2)23(21-12)11-14-5-3-7-22(14)18(24)16-10-15(19-20-16)17-6-4-8-25-17/h4,6,8-10,14H,3,5,7,11H2,1-2H3,(H,19,20)/t14-/m0/s1. The molecule has 7 heteroatoms. The normalized spacial score (nSPS) is 17.4. The highest BCUT2D eigenvalue weighted by atomic mass is 16.3. The van der Waals surface area contributed by atoms with Gasteiger partial charge in [0.2, 0.25) is 0 Å². The lowest BCUT2D eigenvalue weighted by atomic mass is 10.2. The van der Waals surface area contributed by atoms with Gasteiger partial charge in [0.25, 0.3) is 5.91 Å². The Morgan fingerprint density at radius 1 is 1.40 bits per heavy atom. The molecule has 3 aromatic heterocycles. The first kappa shape index (κ1) is 15.7. The molecule has 0 unspecified atom stereocenters. The summed E-state index contributed by atoms with van der Waals surface area (Å²) >= 11 is 0. The third-order valence-electron chi connectivity index (χ3n) is 4.71. The Morgan fingerprint density at radius 2 is 2.28 bits per heavy atom. The monoisotopic (exact) mass is 339 g/mol. The van der Waals surface area contributed by atoms with E-state index in [2.05, 4.69) is 21.4 Å². The lowest BCUT2D eigenvalue weighted by Gasteiger charge is -2.24. The molecule has 3 aromatic rings. The summed E-state index contributed by atoms with van der Waals surface area (Å²) in [6.45, 7) is 5.51. The SMILES string of the molecule is Cc1cc(C)n(C[C@@H]2CCCN2C(=O)c2cc(-c3ccco3)[nH]n2)n1. The quantitative estimate of drug-likeness (QED) is 0.792. The molecule has 25 heavy (non-hydrogen) atoms. The van der Waals surface area contributed by atoms with Crippen LogP contribution in [0.25, 0.3) is 11.5 Å². The predicted octanol–water partition coefficient (Wildman–Crippen LogP) is 2.79. The number of carbonyl (C=O) groups is 1. The summed E-state index contributed by atoms with van der Waals surface area (Å²) < 4.78 is 7.34. The van der Waals surface area contributed by atoms with Gasteiger partial charge in [0.15, 0.2) is 11.5 Å². The van der Waals surface area contributed by atoms with E-state index in [0.29, 0.717) is 17.1 Å². The van der Waals surface area contributed by atoms with Crippen LogP contribution in [0.3, 0.4) is 0 Å². The van der Waals surface area contributed by atoms with Crippen molar-refractivity contribution < 1.29 is 9.21 Å². The van der Waals surface area contributed by atoms with Crippen molar-refractivity contribution in [2.24, 2.45) is 0 Å². The van der Waals surface area contributed by atoms with Crippen molar-refractivity contribution in [3.8, 4) is 11.5 Å². The summed E-state index contributed by atoms with van der Waals surface area (Å²) in [5.74, 6) is 0.630. The van der Waals surface area contributed by atoms with Gasteiger partial charge in [-0.25, -0.2) is 0 Å². The Labute approximate surface area is 145 Å². The van der Waals surface area contributed by atoms with E-state index < -0.39 is 0 Å². The van der Waals surface area contributed by atoms with Crippen molar-refractivity contribution in [1.29, 1.82) is 0 Å². The second-order valence-electron chi connectivity index (χ2n) is 6.55. The van der Waals surface area contributed by atoms with Crippen molar-refractivity contribution in [2.75, 3.05) is 6.54 Å². The molecule has 0 radical (unpaired) electrons. The molecule has 130 valence electrons. The number of amides is 1. The van der Waals surface area contributed by atoms with Crippen LogP contribution in [-0.4, -0.2) is 43.4 Å². The lowest BCUT2D eigenvalue weighted by Crippen LogP contribution is -2.38. The molecule has 0 bridgehead atoms. The highest BCUT2D eigenvalue weighted by Crippen LogP contribution is 2.24. The van der Waals surface area contributed by atoms with Gasteiger partial charge in [0.1, 0.15) is 5.69 Å². The highest BCUT2D eigenvalue weighted by molar-refractivity contribution is 5.93. The fourth-order valence-corrected chi connectivity index (χ4v) is 3.49. The van der Waals surface area contributed by atoms with Gasteiger partial charge in [0.05, 0.1) is 24.5 Å². The minimum atomic E-state index is -0.0434. The number of nitrogens with one attached hydrogen (secondary N) is 1. The van der Waals surface area contributed by atoms with Gasteiger partial charge in [-0.05, 0) is 44.9 Å². The van der Waals surface area contributed by atoms with Crippen LogP contribution < -0.4 is 0 Å². The van der Waals surface area contributed by atoms with Crippen molar-refractivity contribution in [3.05, 3.63) is 47.6 Å². The molecular formula is C18H21N5O2. The van der Waals surface area contributed by atoms with Crippen LogP contribution in [0, 0.1) is 13.8 Å². The molecule has 1 N–H and O–H groups in total. The molecule has 1 saturated heterocycles. The van der Waals surface area contributed by atoms with E-state index >= 15 is 0 Å². The number of hydrogen-bond donors (Lipinski definition) is 1. The van der Waals surface area contributed by atoms with Gasteiger partial charge in [-0.3, -0.25) is 14.6 Å². The topological polar surface area (TPSA) is 80.0 Å². The Balaban J connectivity index is 1.52. The van der Waals surface area contributed by atoms with Crippen molar-refractivity contribution in [1.82, 2.24) is 24.9 Å². The maximum atomic E-state index is 12.9. The Hall–Kier alpha value is -2.83. The molecule has 0 aliphatic carbocycles. The maximum absolute atomic E-state index is 12.9. The van der Waals surface area contributed by atoms with Gasteiger partial charge >= 0.3 is 0 Å². The fraction of sp³-hybridized carbons (Fsp3) is 0.389. The molecule has 4 rings (SSSR count). The summed E-state index contributed by atoms with van der Waals surface area (Å²) in [6, 6.07) is 7.60. The van der Waals surface area contributed by atoms with Gasteiger partial charge in [-0.1, -0.05) is 0 Å². The largest absolute Gasteiger partial charge is 0.463 e. The van der Waals surface area contributed by atoms with Crippen LogP contribution in [0.2, 0.25) is 0 Å². The van der Waals surface area contributed by atoms with Gasteiger partial charge in [-0.2, -0.15) is 10.2 Å². The molecule has 0 spiro atoms. The first-order chi connectivity index (χ1) is 12.1. The second kappa shape index (κ2) is 6.23. The average Bonchev–Trinajstić information content (AvgIpc) is 3.34. The number of H-pyrrole nitrogens is 1. The summed E-state index contributed by atoms with van der Waals surface area (Å²) in [4.78, 5) is 14.8. The third kappa shape index (κ3) is 2.97. The average molecular weight is 339 g/mol. The molecule has 1 amide bonds. The smallest absolute Gasteiger partial charge is 0.274 e. The van der Waals surface area contributed by atoms with Gasteiger partial charge in [0, 0.05) is 18.3 Å². The lowest BCUT2D eigenvalue weighted by molar-refractivity contribution is 0.0715. The van der Waals surface area contributed by atoms with E-state index in [-0.39, 0.29) is 11.9 Å². The van der Waals surface area contributed by atoms with E-state index in [1.165, 1.54) is 0 Å². The summed E-state index contributed by atoms with van der Waals surface area (Å²) in [5, 5.41) is 11.6. The van der Waals surface area contributed by atoms with Crippen molar-refractivity contribution in [3.63, 3.8) is 0 Å². The summed E-state index contributed by atoms with van der Waals surface area (Å²) in [7, 11) is 0. The van der Waals surface area contributed by atoms with Crippen LogP contribution >= 0.6 is 0 Å². The number of likely N-dealkylation sites (tertiary alicyclic amines) is 1. The minimum absolute atomic E-state index is 0.0434. The zero-order chi connectivity index (χ0) is 17.4. The number of aromatic nitrogens is 4. The minimum Gasteiger partial charge on any atom is -0.463 e. The van der Waals surface area contributed by atoms with Crippen LogP contribution in [0.5, 0.6) is 0 Å². The van der Waals surface area contributed by atoms with Crippen LogP contribution in [0.15, 0.2) is 34.9 Å². The first-order valence-corrected chi connectivity index (χ1v) is 8.53. The number of carbonyl (C=O) groups excluding carboxylic acids is 1. The van der Waals surface area contributed by atoms with E-state index in [9.17, 15) is 4.79 Å². The van der Waals surface area contributed by atoms with Gasteiger partial charge in [-0.15, -0.1) is 0 Å². The van der Waals surface area contributed by atoms with E-state index in [4.69, 9.17) is 4.42 Å². The molecule has 4 heterocycles. The fourth-order valence-electron chi connectivity index (χ4n) is 3.49. The molecule has 7 nitrogen and oxygen atoms in total. The Kier molecular flexibility index (Phi) is 3.91. The van der Waals surface area contributed by atoms with Gasteiger partial charge < -0.3 is 9.32 Å². The molecule has 1 fully saturated rings. The Morgan fingerprint density at radius 3 is 3.00 bits per heavy atom. The third-order valence-corrected chi connectivity index (χ3v) is 4.71. The summed E-state index contributed by atoms with van der Waals surface area (Å²) in [5.41, 5.74) is 3.26. The van der Waals surface area contributed by atoms with Crippen LogP contribution in [-0.2, 0) is 6.54 Å². The molecule has 1 aliphatic heterocycles. The number of aromatic amines is 1. The number of rotatable bonds is 4. The highest BCUT2D eigenvalue weighted by Gasteiger charge is 2.31. The second-order valence-corrected chi connectivity index (χ2v) is 6.55. The maximum Gasteiger partial charge on any atom is 0.274 e. The molecule has 1 atom stereocenters. The molecule has 0 saturated carbocycles. The van der Waals surface area contributed by atoms with Crippen molar-refractivity contribution in [2.45, 2.75) is 39.3 Å². The van der Waals surface area contributed by atoms with Crippen molar-refractivity contribution >= 4 is 5.91 Å². The molecular weight excluding hydrogens is 318 g/mol. The van der Waals surface area contributed by atoms with Crippen LogP contribution in [0.1, 0.15) is 34.7 Å². The summed E-state index contributed by atoms with van der Waals surface area (Å²) in [6.07, 6.45) is 3.59. The number of furan rings is 1. The first-order valence-electron chi connectivity index (χ1n) is 8.53. The number of hydrogen-bond acceptors (Lipinski definition) is 4. The van der Waals surface area contributed by atoms with E-state index in [1.807, 2.05) is 35.6 Å². The molecule has 0 aromatic carbocycles. The number of aryl methyl sites for hydroxylation is 2. The van der Waals surface area contributed by atoms with E-state index in [1.54, 1.807) is 12.3 Å². The van der Waals surface area contributed by atoms with E-state index in [0.717, 1.165) is 37.3 Å². The zero-order valence-corrected chi connectivity index (χ0v) is 14.4.